The Balaban J connectivity index is 3.73. The third kappa shape index (κ3) is 6.16. The SMILES string of the molecule is CCNC(=S)N(CC)CCCN(C)C. The van der Waals surface area contributed by atoms with Crippen LogP contribution in [-0.2, 0) is 0 Å². The van der Waals surface area contributed by atoms with Crippen LogP contribution in [-0.4, -0.2) is 55.2 Å². The summed E-state index contributed by atoms with van der Waals surface area (Å²) in [6, 6.07) is 0. The third-order valence-corrected chi connectivity index (χ3v) is 2.43. The van der Waals surface area contributed by atoms with E-state index in [9.17, 15) is 0 Å². The average Bonchev–Trinajstić information content (AvgIpc) is 2.12. The van der Waals surface area contributed by atoms with Gasteiger partial charge in [-0.25, -0.2) is 0 Å². The van der Waals surface area contributed by atoms with Crippen molar-refractivity contribution in [2.75, 3.05) is 40.3 Å². The second kappa shape index (κ2) is 8.00. The van der Waals surface area contributed by atoms with Gasteiger partial charge in [0, 0.05) is 19.6 Å². The lowest BCUT2D eigenvalue weighted by molar-refractivity contribution is 0.352. The van der Waals surface area contributed by atoms with Gasteiger partial charge in [-0.2, -0.15) is 0 Å². The maximum Gasteiger partial charge on any atom is 0.168 e. The van der Waals surface area contributed by atoms with Gasteiger partial charge in [0.05, 0.1) is 0 Å². The van der Waals surface area contributed by atoms with Crippen molar-refractivity contribution in [1.82, 2.24) is 15.1 Å². The minimum Gasteiger partial charge on any atom is -0.363 e. The van der Waals surface area contributed by atoms with Crippen LogP contribution in [0.25, 0.3) is 0 Å². The lowest BCUT2D eigenvalue weighted by Crippen LogP contribution is -2.40. The van der Waals surface area contributed by atoms with Gasteiger partial charge < -0.3 is 15.1 Å². The fourth-order valence-corrected chi connectivity index (χ4v) is 1.61. The van der Waals surface area contributed by atoms with E-state index in [4.69, 9.17) is 12.2 Å². The van der Waals surface area contributed by atoms with Crippen molar-refractivity contribution >= 4 is 17.3 Å². The van der Waals surface area contributed by atoms with Crippen LogP contribution in [0.4, 0.5) is 0 Å². The molecule has 0 aromatic rings. The van der Waals surface area contributed by atoms with Crippen molar-refractivity contribution in [2.45, 2.75) is 20.3 Å². The smallest absolute Gasteiger partial charge is 0.168 e. The van der Waals surface area contributed by atoms with Gasteiger partial charge in [-0.15, -0.1) is 0 Å². The van der Waals surface area contributed by atoms with Crippen molar-refractivity contribution in [3.8, 4) is 0 Å². The Bertz CT molecular complexity index is 159. The highest BCUT2D eigenvalue weighted by Gasteiger charge is 2.05. The number of rotatable bonds is 6. The van der Waals surface area contributed by atoms with Gasteiger partial charge in [-0.05, 0) is 53.1 Å². The van der Waals surface area contributed by atoms with Crippen molar-refractivity contribution < 1.29 is 0 Å². The molecule has 0 aliphatic rings. The molecule has 0 bridgehead atoms. The summed E-state index contributed by atoms with van der Waals surface area (Å²) in [4.78, 5) is 4.41. The molecule has 0 atom stereocenters. The van der Waals surface area contributed by atoms with E-state index in [2.05, 4.69) is 43.1 Å². The predicted octanol–water partition coefficient (Wildman–Crippen LogP) is 1.15. The highest BCUT2D eigenvalue weighted by molar-refractivity contribution is 7.80. The topological polar surface area (TPSA) is 18.5 Å². The Labute approximate surface area is 93.5 Å². The van der Waals surface area contributed by atoms with Gasteiger partial charge in [0.15, 0.2) is 5.11 Å². The first-order chi connectivity index (χ1) is 6.61. The lowest BCUT2D eigenvalue weighted by atomic mass is 10.3. The zero-order valence-electron chi connectivity index (χ0n) is 9.84. The molecule has 14 heavy (non-hydrogen) atoms. The van der Waals surface area contributed by atoms with Crippen molar-refractivity contribution in [2.24, 2.45) is 0 Å². The molecule has 0 radical (unpaired) electrons. The number of thiocarbonyl (C=S) groups is 1. The molecular weight excluding hydrogens is 194 g/mol. The summed E-state index contributed by atoms with van der Waals surface area (Å²) in [7, 11) is 4.19. The van der Waals surface area contributed by atoms with Gasteiger partial charge >= 0.3 is 0 Å². The molecule has 84 valence electrons. The summed E-state index contributed by atoms with van der Waals surface area (Å²) >= 11 is 5.25. The van der Waals surface area contributed by atoms with Gasteiger partial charge in [-0.3, -0.25) is 0 Å². The largest absolute Gasteiger partial charge is 0.363 e. The molecule has 0 fully saturated rings. The summed E-state index contributed by atoms with van der Waals surface area (Å²) in [5.41, 5.74) is 0. The summed E-state index contributed by atoms with van der Waals surface area (Å²) in [5, 5.41) is 4.06. The molecule has 0 aromatic heterocycles. The van der Waals surface area contributed by atoms with Crippen LogP contribution in [0.2, 0.25) is 0 Å². The fourth-order valence-electron chi connectivity index (χ4n) is 1.24. The molecular formula is C10H23N3S. The average molecular weight is 217 g/mol. The van der Waals surface area contributed by atoms with Crippen LogP contribution in [0.5, 0.6) is 0 Å². The second-order valence-electron chi connectivity index (χ2n) is 3.57. The molecule has 0 aliphatic heterocycles. The molecule has 0 saturated carbocycles. The minimum atomic E-state index is 0.883. The number of hydrogen-bond acceptors (Lipinski definition) is 2. The minimum absolute atomic E-state index is 0.883. The normalized spacial score (nSPS) is 10.4. The summed E-state index contributed by atoms with van der Waals surface area (Å²) in [5.74, 6) is 0. The zero-order chi connectivity index (χ0) is 11.0. The monoisotopic (exact) mass is 217 g/mol. The summed E-state index contributed by atoms with van der Waals surface area (Å²) < 4.78 is 0. The maximum absolute atomic E-state index is 5.25. The number of hydrogen-bond donors (Lipinski definition) is 1. The van der Waals surface area contributed by atoms with E-state index in [1.165, 1.54) is 0 Å². The van der Waals surface area contributed by atoms with Crippen LogP contribution in [0.3, 0.4) is 0 Å². The molecule has 0 unspecified atom stereocenters. The maximum atomic E-state index is 5.25. The molecule has 0 amide bonds. The van der Waals surface area contributed by atoms with Gasteiger partial charge in [0.1, 0.15) is 0 Å². The third-order valence-electron chi connectivity index (χ3n) is 2.03. The van der Waals surface area contributed by atoms with E-state index >= 15 is 0 Å². The lowest BCUT2D eigenvalue weighted by Gasteiger charge is -2.24. The van der Waals surface area contributed by atoms with Crippen LogP contribution < -0.4 is 5.32 Å². The van der Waals surface area contributed by atoms with Gasteiger partial charge in [0.2, 0.25) is 0 Å². The zero-order valence-corrected chi connectivity index (χ0v) is 10.7. The van der Waals surface area contributed by atoms with Crippen LogP contribution in [0.1, 0.15) is 20.3 Å². The molecule has 0 aromatic carbocycles. The van der Waals surface area contributed by atoms with Crippen LogP contribution >= 0.6 is 12.2 Å². The first kappa shape index (κ1) is 13.7. The van der Waals surface area contributed by atoms with Crippen molar-refractivity contribution in [1.29, 1.82) is 0 Å². The van der Waals surface area contributed by atoms with Crippen molar-refractivity contribution in [3.63, 3.8) is 0 Å². The Morgan fingerprint density at radius 3 is 2.29 bits per heavy atom. The summed E-state index contributed by atoms with van der Waals surface area (Å²) in [6.07, 6.45) is 1.16. The number of nitrogens with one attached hydrogen (secondary N) is 1. The molecule has 0 saturated heterocycles. The van der Waals surface area contributed by atoms with E-state index in [0.29, 0.717) is 0 Å². The van der Waals surface area contributed by atoms with E-state index in [0.717, 1.165) is 37.7 Å². The van der Waals surface area contributed by atoms with Crippen LogP contribution in [0, 0.1) is 0 Å². The van der Waals surface area contributed by atoms with E-state index in [1.54, 1.807) is 0 Å². The molecule has 3 nitrogen and oxygen atoms in total. The van der Waals surface area contributed by atoms with Crippen LogP contribution in [0.15, 0.2) is 0 Å². The Morgan fingerprint density at radius 1 is 1.21 bits per heavy atom. The van der Waals surface area contributed by atoms with Crippen molar-refractivity contribution in [3.05, 3.63) is 0 Å². The predicted molar refractivity (Wildman–Crippen MR) is 66.7 cm³/mol. The highest BCUT2D eigenvalue weighted by atomic mass is 32.1. The second-order valence-corrected chi connectivity index (χ2v) is 3.96. The van der Waals surface area contributed by atoms with Gasteiger partial charge in [-0.1, -0.05) is 0 Å². The Morgan fingerprint density at radius 2 is 1.86 bits per heavy atom. The molecule has 0 aliphatic carbocycles. The Kier molecular flexibility index (Phi) is 7.80. The molecule has 1 N–H and O–H groups in total. The Hall–Kier alpha value is -0.350. The van der Waals surface area contributed by atoms with Gasteiger partial charge in [0.25, 0.3) is 0 Å². The highest BCUT2D eigenvalue weighted by Crippen LogP contribution is 1.94. The molecule has 0 rings (SSSR count). The molecule has 0 heterocycles. The first-order valence-corrected chi connectivity index (χ1v) is 5.70. The number of nitrogens with zero attached hydrogens (tertiary/aromatic N) is 2. The van der Waals surface area contributed by atoms with E-state index in [-0.39, 0.29) is 0 Å². The summed E-state index contributed by atoms with van der Waals surface area (Å²) in [6.45, 7) is 8.26. The fraction of sp³-hybridized carbons (Fsp3) is 0.900. The quantitative estimate of drug-likeness (QED) is 0.673. The van der Waals surface area contributed by atoms with E-state index < -0.39 is 0 Å². The first-order valence-electron chi connectivity index (χ1n) is 5.29. The van der Waals surface area contributed by atoms with E-state index in [1.807, 2.05) is 0 Å². The standard InChI is InChI=1S/C10H23N3S/c1-5-11-10(14)13(6-2)9-7-8-12(3)4/h5-9H2,1-4H3,(H,11,14). The molecule has 4 heteroatoms. The molecule has 0 spiro atoms.